The minimum atomic E-state index is -1.21. The van der Waals surface area contributed by atoms with Crippen LogP contribution in [-0.4, -0.2) is 32.9 Å². The van der Waals surface area contributed by atoms with Crippen molar-refractivity contribution in [3.63, 3.8) is 0 Å². The lowest BCUT2D eigenvalue weighted by Crippen LogP contribution is -2.38. The summed E-state index contributed by atoms with van der Waals surface area (Å²) < 4.78 is 16.8. The summed E-state index contributed by atoms with van der Waals surface area (Å²) in [5.41, 5.74) is 1.08. The number of aliphatic hydroxyl groups is 1. The Morgan fingerprint density at radius 3 is 2.61 bits per heavy atom. The lowest BCUT2D eigenvalue weighted by Gasteiger charge is -2.30. The molecule has 5 nitrogen and oxygen atoms in total. The predicted octanol–water partition coefficient (Wildman–Crippen LogP) is 2.05. The van der Waals surface area contributed by atoms with Crippen molar-refractivity contribution in [3.05, 3.63) is 53.1 Å². The summed E-state index contributed by atoms with van der Waals surface area (Å²) in [6, 6.07) is 11.2. The molecule has 2 N–H and O–H groups in total. The van der Waals surface area contributed by atoms with E-state index in [4.69, 9.17) is 14.2 Å². The van der Waals surface area contributed by atoms with E-state index < -0.39 is 5.60 Å². The Labute approximate surface area is 135 Å². The van der Waals surface area contributed by atoms with Gasteiger partial charge in [0.2, 0.25) is 0 Å². The van der Waals surface area contributed by atoms with Gasteiger partial charge in [-0.3, -0.25) is 0 Å². The number of ether oxygens (including phenoxy) is 3. The summed E-state index contributed by atoms with van der Waals surface area (Å²) in [5.74, 6) is 1.88. The fraction of sp³-hybridized carbons (Fsp3) is 0.333. The number of para-hydroxylation sites is 1. The Morgan fingerprint density at radius 2 is 1.91 bits per heavy atom. The first-order valence-corrected chi connectivity index (χ1v) is 7.49. The molecule has 2 aromatic rings. The number of hydrogen-bond donors (Lipinski definition) is 2. The molecule has 1 aliphatic rings. The van der Waals surface area contributed by atoms with Crippen LogP contribution < -0.4 is 19.5 Å². The summed E-state index contributed by atoms with van der Waals surface area (Å²) in [6.07, 6.45) is 0. The van der Waals surface area contributed by atoms with E-state index >= 15 is 0 Å². The molecule has 1 unspecified atom stereocenters. The van der Waals surface area contributed by atoms with Crippen LogP contribution in [0.25, 0.3) is 0 Å². The summed E-state index contributed by atoms with van der Waals surface area (Å²) in [7, 11) is 5.00. The van der Waals surface area contributed by atoms with Crippen LogP contribution >= 0.6 is 0 Å². The van der Waals surface area contributed by atoms with E-state index in [0.29, 0.717) is 30.4 Å². The topological polar surface area (TPSA) is 60.0 Å². The maximum Gasteiger partial charge on any atom is 0.167 e. The highest BCUT2D eigenvalue weighted by Gasteiger charge is 2.39. The second-order valence-corrected chi connectivity index (χ2v) is 5.50. The van der Waals surface area contributed by atoms with Crippen molar-refractivity contribution in [3.8, 4) is 17.2 Å². The third-order valence-corrected chi connectivity index (χ3v) is 4.23. The van der Waals surface area contributed by atoms with Crippen molar-refractivity contribution in [1.82, 2.24) is 5.32 Å². The molecule has 1 heterocycles. The minimum Gasteiger partial charge on any atom is -0.493 e. The molecule has 0 saturated carbocycles. The summed E-state index contributed by atoms with van der Waals surface area (Å²) in [5, 5.41) is 14.6. The average Bonchev–Trinajstić information content (AvgIpc) is 2.70. The van der Waals surface area contributed by atoms with Crippen molar-refractivity contribution in [2.75, 3.05) is 27.8 Å². The molecule has 0 bridgehead atoms. The highest BCUT2D eigenvalue weighted by molar-refractivity contribution is 5.57. The van der Waals surface area contributed by atoms with Gasteiger partial charge in [0, 0.05) is 23.2 Å². The highest BCUT2D eigenvalue weighted by Crippen LogP contribution is 2.45. The van der Waals surface area contributed by atoms with Gasteiger partial charge in [0.1, 0.15) is 18.0 Å². The van der Waals surface area contributed by atoms with Crippen molar-refractivity contribution in [2.24, 2.45) is 0 Å². The molecule has 122 valence electrons. The zero-order chi connectivity index (χ0) is 16.4. The minimum absolute atomic E-state index is 0.304. The molecule has 2 aromatic carbocycles. The Bertz CT molecular complexity index is 716. The van der Waals surface area contributed by atoms with Crippen molar-refractivity contribution in [2.45, 2.75) is 12.2 Å². The Balaban J connectivity index is 2.28. The lowest BCUT2D eigenvalue weighted by molar-refractivity contribution is 0.0812. The normalized spacial score (nSPS) is 19.1. The van der Waals surface area contributed by atoms with Gasteiger partial charge in [-0.2, -0.15) is 0 Å². The molecule has 0 amide bonds. The third kappa shape index (κ3) is 2.42. The maximum absolute atomic E-state index is 11.5. The second-order valence-electron chi connectivity index (χ2n) is 5.50. The van der Waals surface area contributed by atoms with E-state index in [9.17, 15) is 5.11 Å². The zero-order valence-corrected chi connectivity index (χ0v) is 13.6. The van der Waals surface area contributed by atoms with Crippen LogP contribution in [0.4, 0.5) is 0 Å². The van der Waals surface area contributed by atoms with E-state index in [-0.39, 0.29) is 0 Å². The maximum atomic E-state index is 11.5. The van der Waals surface area contributed by atoms with Gasteiger partial charge in [-0.1, -0.05) is 24.3 Å². The Kier molecular flexibility index (Phi) is 4.15. The fourth-order valence-electron chi connectivity index (χ4n) is 3.20. The molecule has 0 fully saturated rings. The molecule has 0 radical (unpaired) electrons. The number of methoxy groups -OCH3 is 2. The molecular weight excluding hydrogens is 294 g/mol. The van der Waals surface area contributed by atoms with Crippen LogP contribution in [0.3, 0.4) is 0 Å². The van der Waals surface area contributed by atoms with Gasteiger partial charge in [0.05, 0.1) is 14.2 Å². The molecule has 0 aliphatic carbocycles. The first-order valence-electron chi connectivity index (χ1n) is 7.49. The predicted molar refractivity (Wildman–Crippen MR) is 87.2 cm³/mol. The highest BCUT2D eigenvalue weighted by atomic mass is 16.5. The molecule has 0 spiro atoms. The largest absolute Gasteiger partial charge is 0.493 e. The summed E-state index contributed by atoms with van der Waals surface area (Å²) >= 11 is 0. The number of likely N-dealkylation sites (N-methyl/N-ethyl adjacent to an activating group) is 1. The van der Waals surface area contributed by atoms with E-state index in [0.717, 1.165) is 16.7 Å². The van der Waals surface area contributed by atoms with E-state index in [1.54, 1.807) is 14.2 Å². The third-order valence-electron chi connectivity index (χ3n) is 4.23. The first-order chi connectivity index (χ1) is 11.2. The van der Waals surface area contributed by atoms with Crippen LogP contribution in [0.5, 0.6) is 17.2 Å². The molecule has 3 rings (SSSR count). The number of nitrogens with one attached hydrogen (secondary N) is 1. The van der Waals surface area contributed by atoms with Gasteiger partial charge in [-0.15, -0.1) is 0 Å². The van der Waals surface area contributed by atoms with Gasteiger partial charge in [0.25, 0.3) is 0 Å². The van der Waals surface area contributed by atoms with Crippen LogP contribution in [0, 0.1) is 0 Å². The molecular formula is C18H21NO4. The number of benzene rings is 2. The number of rotatable bonds is 4. The van der Waals surface area contributed by atoms with E-state index in [1.165, 1.54) is 0 Å². The number of fused-ring (bicyclic) bond motifs is 2. The number of hydrogen-bond acceptors (Lipinski definition) is 5. The molecule has 23 heavy (non-hydrogen) atoms. The van der Waals surface area contributed by atoms with Crippen LogP contribution in [0.1, 0.15) is 16.7 Å². The average molecular weight is 315 g/mol. The summed E-state index contributed by atoms with van der Waals surface area (Å²) in [6.45, 7) is 0.661. The molecule has 1 aliphatic heterocycles. The van der Waals surface area contributed by atoms with Gasteiger partial charge in [0.15, 0.2) is 11.5 Å². The van der Waals surface area contributed by atoms with Crippen LogP contribution in [0.15, 0.2) is 36.4 Å². The van der Waals surface area contributed by atoms with Gasteiger partial charge >= 0.3 is 0 Å². The van der Waals surface area contributed by atoms with Gasteiger partial charge in [-0.25, -0.2) is 0 Å². The monoisotopic (exact) mass is 315 g/mol. The van der Waals surface area contributed by atoms with Crippen LogP contribution in [-0.2, 0) is 12.2 Å². The van der Waals surface area contributed by atoms with E-state index in [2.05, 4.69) is 5.32 Å². The second kappa shape index (κ2) is 6.10. The van der Waals surface area contributed by atoms with E-state index in [1.807, 2.05) is 43.4 Å². The quantitative estimate of drug-likeness (QED) is 0.904. The SMILES string of the molecule is CNCC1(O)c2ccccc2OCc2c1ccc(OC)c2OC. The van der Waals surface area contributed by atoms with Crippen LogP contribution in [0.2, 0.25) is 0 Å². The zero-order valence-electron chi connectivity index (χ0n) is 13.6. The standard InChI is InChI=1S/C18H21NO4/c1-19-11-18(20)13-8-9-16(21-2)17(22-3)12(13)10-23-15-7-5-4-6-14(15)18/h4-9,19-20H,10-11H2,1-3H3. The molecule has 0 saturated heterocycles. The van der Waals surface area contributed by atoms with Crippen molar-refractivity contribution >= 4 is 0 Å². The molecule has 5 heteroatoms. The molecule has 0 aromatic heterocycles. The fourth-order valence-corrected chi connectivity index (χ4v) is 3.20. The van der Waals surface area contributed by atoms with Crippen molar-refractivity contribution < 1.29 is 19.3 Å². The smallest absolute Gasteiger partial charge is 0.167 e. The first kappa shape index (κ1) is 15.6. The van der Waals surface area contributed by atoms with Gasteiger partial charge < -0.3 is 24.6 Å². The van der Waals surface area contributed by atoms with Gasteiger partial charge in [-0.05, 0) is 19.2 Å². The summed E-state index contributed by atoms with van der Waals surface area (Å²) in [4.78, 5) is 0. The molecule has 1 atom stereocenters. The Hall–Kier alpha value is -2.24. The Morgan fingerprint density at radius 1 is 1.13 bits per heavy atom. The lowest BCUT2D eigenvalue weighted by atomic mass is 9.83. The van der Waals surface area contributed by atoms with Crippen molar-refractivity contribution in [1.29, 1.82) is 0 Å².